The highest BCUT2D eigenvalue weighted by molar-refractivity contribution is 8.01. The van der Waals surface area contributed by atoms with Gasteiger partial charge in [-0.2, -0.15) is 0 Å². The lowest BCUT2D eigenvalue weighted by molar-refractivity contribution is -0.183. The summed E-state index contributed by atoms with van der Waals surface area (Å²) in [5.41, 5.74) is 2.19. The van der Waals surface area contributed by atoms with Gasteiger partial charge >= 0.3 is 11.9 Å². The number of ether oxygens (including phenoxy) is 2. The molecule has 164 valence electrons. The topological polar surface area (TPSA) is 65.7 Å². The number of carbonyl (C=O) groups excluding carboxylic acids is 2. The van der Waals surface area contributed by atoms with Crippen LogP contribution in [0.2, 0.25) is 0 Å². The highest BCUT2D eigenvalue weighted by atomic mass is 32.2. The van der Waals surface area contributed by atoms with Gasteiger partial charge in [-0.1, -0.05) is 19.9 Å². The minimum Gasteiger partial charge on any atom is -0.469 e. The first-order valence-electron chi connectivity index (χ1n) is 10.5. The minimum absolute atomic E-state index is 0.0223. The van der Waals surface area contributed by atoms with Gasteiger partial charge in [0.2, 0.25) is 0 Å². The fourth-order valence-corrected chi connectivity index (χ4v) is 5.25. The Kier molecular flexibility index (Phi) is 6.85. The first-order valence-corrected chi connectivity index (χ1v) is 11.8. The summed E-state index contributed by atoms with van der Waals surface area (Å²) in [7, 11) is 0. The zero-order valence-electron chi connectivity index (χ0n) is 18.7. The van der Waals surface area contributed by atoms with Crippen molar-refractivity contribution < 1.29 is 23.5 Å². The number of aryl methyl sites for hydroxylation is 1. The lowest BCUT2D eigenvalue weighted by Gasteiger charge is -2.54. The van der Waals surface area contributed by atoms with Crippen LogP contribution in [0.5, 0.6) is 0 Å². The highest BCUT2D eigenvalue weighted by Gasteiger charge is 2.57. The number of hydrogen-bond acceptors (Lipinski definition) is 6. The van der Waals surface area contributed by atoms with Gasteiger partial charge in [0, 0.05) is 35.0 Å². The SMILES string of the molecule is C/C=C(/C)C(=O)O[C@@H]1c2c(C)coc2C[C@H]2CC[C@@H](OC(=O)/C=C\SC)[C@H](C)[C@@]21C. The molecule has 0 radical (unpaired) electrons. The quantitative estimate of drug-likeness (QED) is 0.450. The van der Waals surface area contributed by atoms with Gasteiger partial charge in [-0.3, -0.25) is 0 Å². The van der Waals surface area contributed by atoms with Gasteiger partial charge in [-0.25, -0.2) is 9.59 Å². The van der Waals surface area contributed by atoms with E-state index in [1.54, 1.807) is 24.7 Å². The Morgan fingerprint density at radius 3 is 2.70 bits per heavy atom. The molecule has 2 aliphatic rings. The van der Waals surface area contributed by atoms with Crippen LogP contribution < -0.4 is 0 Å². The van der Waals surface area contributed by atoms with Crippen LogP contribution in [0, 0.1) is 24.2 Å². The fourth-order valence-electron chi connectivity index (χ4n) is 5.00. The van der Waals surface area contributed by atoms with Gasteiger partial charge in [0.05, 0.1) is 6.26 Å². The standard InChI is InChI=1S/C24H32O5S/c1-7-14(2)23(26)29-22-21-15(3)13-27-19(21)12-17-8-9-18(16(4)24(17,22)5)28-20(25)10-11-30-6/h7,10-11,13,16-18,22H,8-9,12H2,1-6H3/b11-10-,14-7-/t16-,17+,18+,22+,24-/m0/s1. The molecule has 3 rings (SSSR count). The summed E-state index contributed by atoms with van der Waals surface area (Å²) < 4.78 is 17.8. The summed E-state index contributed by atoms with van der Waals surface area (Å²) >= 11 is 1.46. The number of furan rings is 1. The van der Waals surface area contributed by atoms with Crippen molar-refractivity contribution in [1.82, 2.24) is 0 Å². The molecule has 0 spiro atoms. The molecule has 0 bridgehead atoms. The van der Waals surface area contributed by atoms with Crippen LogP contribution >= 0.6 is 11.8 Å². The number of esters is 2. The summed E-state index contributed by atoms with van der Waals surface area (Å²) in [6.07, 6.45) is 8.73. The van der Waals surface area contributed by atoms with Crippen LogP contribution in [0.25, 0.3) is 0 Å². The molecule has 1 aromatic heterocycles. The Morgan fingerprint density at radius 2 is 2.03 bits per heavy atom. The molecule has 0 N–H and O–H groups in total. The third-order valence-corrected chi connectivity index (χ3v) is 7.58. The number of carbonyl (C=O) groups is 2. The maximum absolute atomic E-state index is 12.8. The number of thioether (sulfide) groups is 1. The fraction of sp³-hybridized carbons (Fsp3) is 0.583. The molecule has 2 aliphatic carbocycles. The van der Waals surface area contributed by atoms with E-state index in [9.17, 15) is 9.59 Å². The monoisotopic (exact) mass is 432 g/mol. The van der Waals surface area contributed by atoms with Gasteiger partial charge in [-0.15, -0.1) is 11.8 Å². The summed E-state index contributed by atoms with van der Waals surface area (Å²) in [6, 6.07) is 0. The average molecular weight is 433 g/mol. The molecule has 0 unspecified atom stereocenters. The maximum Gasteiger partial charge on any atom is 0.334 e. The number of allylic oxidation sites excluding steroid dienone is 1. The Labute approximate surface area is 183 Å². The number of hydrogen-bond donors (Lipinski definition) is 0. The summed E-state index contributed by atoms with van der Waals surface area (Å²) in [5, 5.41) is 1.73. The third kappa shape index (κ3) is 3.98. The van der Waals surface area contributed by atoms with Crippen LogP contribution in [-0.2, 0) is 25.5 Å². The van der Waals surface area contributed by atoms with Crippen LogP contribution in [0.15, 0.2) is 33.8 Å². The van der Waals surface area contributed by atoms with Crippen molar-refractivity contribution in [3.8, 4) is 0 Å². The van der Waals surface area contributed by atoms with Crippen LogP contribution in [0.4, 0.5) is 0 Å². The normalized spacial score (nSPS) is 31.2. The van der Waals surface area contributed by atoms with E-state index in [2.05, 4.69) is 13.8 Å². The van der Waals surface area contributed by atoms with Gasteiger partial charge in [-0.05, 0) is 56.8 Å². The molecule has 0 aromatic carbocycles. The van der Waals surface area contributed by atoms with Gasteiger partial charge in [0.25, 0.3) is 0 Å². The number of fused-ring (bicyclic) bond motifs is 2. The molecule has 30 heavy (non-hydrogen) atoms. The van der Waals surface area contributed by atoms with Crippen molar-refractivity contribution in [1.29, 1.82) is 0 Å². The lowest BCUT2D eigenvalue weighted by atomic mass is 9.53. The first-order chi connectivity index (χ1) is 14.2. The number of rotatable bonds is 5. The zero-order chi connectivity index (χ0) is 22.1. The molecule has 1 heterocycles. The molecule has 5 nitrogen and oxygen atoms in total. The average Bonchev–Trinajstić information content (AvgIpc) is 3.09. The van der Waals surface area contributed by atoms with E-state index in [0.717, 1.165) is 36.1 Å². The van der Waals surface area contributed by atoms with Crippen LogP contribution in [-0.4, -0.2) is 24.3 Å². The largest absolute Gasteiger partial charge is 0.469 e. The predicted octanol–water partition coefficient (Wildman–Crippen LogP) is 5.54. The molecule has 1 saturated carbocycles. The third-order valence-electron chi connectivity index (χ3n) is 7.17. The molecule has 6 heteroatoms. The van der Waals surface area contributed by atoms with Crippen molar-refractivity contribution in [3.63, 3.8) is 0 Å². The van der Waals surface area contributed by atoms with Gasteiger partial charge in [0.15, 0.2) is 0 Å². The summed E-state index contributed by atoms with van der Waals surface area (Å²) in [6.45, 7) is 9.89. The van der Waals surface area contributed by atoms with E-state index in [-0.39, 0.29) is 35.3 Å². The van der Waals surface area contributed by atoms with Crippen LogP contribution in [0.3, 0.4) is 0 Å². The predicted molar refractivity (Wildman–Crippen MR) is 118 cm³/mol. The van der Waals surface area contributed by atoms with E-state index in [0.29, 0.717) is 5.57 Å². The molecular weight excluding hydrogens is 400 g/mol. The Balaban J connectivity index is 1.97. The first kappa shape index (κ1) is 22.7. The second-order valence-electron chi connectivity index (χ2n) is 8.66. The van der Waals surface area contributed by atoms with E-state index >= 15 is 0 Å². The van der Waals surface area contributed by atoms with Crippen molar-refractivity contribution in [2.45, 2.75) is 66.1 Å². The molecule has 5 atom stereocenters. The van der Waals surface area contributed by atoms with Crippen molar-refractivity contribution in [2.75, 3.05) is 6.26 Å². The van der Waals surface area contributed by atoms with E-state index in [4.69, 9.17) is 13.9 Å². The second kappa shape index (κ2) is 9.04. The Morgan fingerprint density at radius 1 is 1.30 bits per heavy atom. The van der Waals surface area contributed by atoms with Crippen molar-refractivity contribution in [2.24, 2.45) is 17.3 Å². The van der Waals surface area contributed by atoms with Crippen LogP contribution in [0.1, 0.15) is 63.5 Å². The minimum atomic E-state index is -0.439. The lowest BCUT2D eigenvalue weighted by Crippen LogP contribution is -2.53. The summed E-state index contributed by atoms with van der Waals surface area (Å²) in [5.74, 6) is 0.583. The molecule has 1 fully saturated rings. The Bertz CT molecular complexity index is 867. The molecule has 0 saturated heterocycles. The molecule has 0 amide bonds. The molecule has 0 aliphatic heterocycles. The van der Waals surface area contributed by atoms with Crippen molar-refractivity contribution in [3.05, 3.63) is 46.3 Å². The molecule has 1 aromatic rings. The van der Waals surface area contributed by atoms with Crippen molar-refractivity contribution >= 4 is 23.7 Å². The summed E-state index contributed by atoms with van der Waals surface area (Å²) in [4.78, 5) is 25.0. The maximum atomic E-state index is 12.8. The Hall–Kier alpha value is -1.95. The zero-order valence-corrected chi connectivity index (χ0v) is 19.5. The van der Waals surface area contributed by atoms with E-state index in [1.165, 1.54) is 17.8 Å². The highest BCUT2D eigenvalue weighted by Crippen LogP contribution is 2.60. The molecular formula is C24H32O5S. The second-order valence-corrected chi connectivity index (χ2v) is 9.40. The smallest absolute Gasteiger partial charge is 0.334 e. The van der Waals surface area contributed by atoms with Gasteiger partial charge in [0.1, 0.15) is 18.0 Å². The van der Waals surface area contributed by atoms with E-state index < -0.39 is 6.10 Å². The van der Waals surface area contributed by atoms with E-state index in [1.807, 2.05) is 20.1 Å². The van der Waals surface area contributed by atoms with Gasteiger partial charge < -0.3 is 13.9 Å².